The van der Waals surface area contributed by atoms with Crippen LogP contribution in [0.5, 0.6) is 0 Å². The number of H-pyrrole nitrogens is 1. The Bertz CT molecular complexity index is 763. The van der Waals surface area contributed by atoms with Crippen molar-refractivity contribution in [3.8, 4) is 0 Å². The van der Waals surface area contributed by atoms with Crippen LogP contribution in [0.25, 0.3) is 0 Å². The van der Waals surface area contributed by atoms with E-state index in [0.29, 0.717) is 17.2 Å². The molecule has 0 bridgehead atoms. The highest BCUT2D eigenvalue weighted by Crippen LogP contribution is 2.43. The summed E-state index contributed by atoms with van der Waals surface area (Å²) in [5, 5.41) is 0.705. The van der Waals surface area contributed by atoms with Crippen molar-refractivity contribution in [2.45, 2.75) is 42.3 Å². The molecular weight excluding hydrogens is 300 g/mol. The highest BCUT2D eigenvalue weighted by atomic mass is 32.2. The van der Waals surface area contributed by atoms with Crippen LogP contribution in [0.1, 0.15) is 31.2 Å². The van der Waals surface area contributed by atoms with E-state index in [-0.39, 0.29) is 18.2 Å². The Hall–Kier alpha value is -1.79. The van der Waals surface area contributed by atoms with Crippen molar-refractivity contribution < 1.29 is 4.74 Å². The Balaban J connectivity index is 2.10. The van der Waals surface area contributed by atoms with Crippen LogP contribution in [-0.4, -0.2) is 16.2 Å². The van der Waals surface area contributed by atoms with Crippen molar-refractivity contribution in [3.63, 3.8) is 0 Å². The van der Waals surface area contributed by atoms with Crippen LogP contribution in [0, 0.1) is 0 Å². The molecule has 1 aromatic carbocycles. The molecule has 1 fully saturated rings. The second-order valence-electron chi connectivity index (χ2n) is 5.22. The van der Waals surface area contributed by atoms with E-state index in [0.717, 1.165) is 17.7 Å². The summed E-state index contributed by atoms with van der Waals surface area (Å²) < 4.78 is 6.93. The normalized spacial score (nSPS) is 14.2. The largest absolute Gasteiger partial charge is 0.361 e. The van der Waals surface area contributed by atoms with Crippen LogP contribution in [0.15, 0.2) is 49.8 Å². The summed E-state index contributed by atoms with van der Waals surface area (Å²) in [4.78, 5) is 27.8. The highest BCUT2D eigenvalue weighted by Gasteiger charge is 2.31. The third-order valence-electron chi connectivity index (χ3n) is 3.55. The maximum atomic E-state index is 12.2. The number of benzene rings is 1. The molecule has 0 radical (unpaired) electrons. The second-order valence-corrected chi connectivity index (χ2v) is 6.28. The topological polar surface area (TPSA) is 64.1 Å². The molecule has 1 aliphatic carbocycles. The van der Waals surface area contributed by atoms with Crippen LogP contribution >= 0.6 is 11.8 Å². The van der Waals surface area contributed by atoms with Crippen molar-refractivity contribution in [1.29, 1.82) is 0 Å². The number of aromatic amines is 1. The monoisotopic (exact) mass is 318 g/mol. The molecule has 0 spiro atoms. The van der Waals surface area contributed by atoms with E-state index in [1.165, 1.54) is 16.3 Å². The van der Waals surface area contributed by atoms with Crippen LogP contribution in [0.2, 0.25) is 0 Å². The Morgan fingerprint density at radius 2 is 2.00 bits per heavy atom. The molecule has 1 saturated carbocycles. The van der Waals surface area contributed by atoms with Gasteiger partial charge >= 0.3 is 5.69 Å². The summed E-state index contributed by atoms with van der Waals surface area (Å²) in [5.74, 6) is 0.253. The first kappa shape index (κ1) is 15.1. The van der Waals surface area contributed by atoms with Crippen LogP contribution in [0.3, 0.4) is 0 Å². The number of hydrogen-bond acceptors (Lipinski definition) is 4. The maximum absolute atomic E-state index is 12.2. The summed E-state index contributed by atoms with van der Waals surface area (Å²) >= 11 is 1.45. The standard InChI is InChI=1S/C16H18N2O3S/c1-2-21-10-18-15(22-12-6-4-3-5-7-12)13(11-8-9-11)14(19)17-16(18)20/h3-7,11H,2,8-10H2,1H3,(H,17,19,20). The van der Waals surface area contributed by atoms with Gasteiger partial charge in [0.1, 0.15) is 6.73 Å². The zero-order valence-electron chi connectivity index (χ0n) is 12.4. The van der Waals surface area contributed by atoms with Gasteiger partial charge in [-0.25, -0.2) is 4.79 Å². The van der Waals surface area contributed by atoms with E-state index in [9.17, 15) is 9.59 Å². The Morgan fingerprint density at radius 3 is 2.64 bits per heavy atom. The average molecular weight is 318 g/mol. The molecule has 0 unspecified atom stereocenters. The van der Waals surface area contributed by atoms with E-state index in [4.69, 9.17) is 4.74 Å². The van der Waals surface area contributed by atoms with E-state index in [1.54, 1.807) is 0 Å². The van der Waals surface area contributed by atoms with Gasteiger partial charge in [-0.15, -0.1) is 0 Å². The molecule has 22 heavy (non-hydrogen) atoms. The number of hydrogen-bond donors (Lipinski definition) is 1. The van der Waals surface area contributed by atoms with Gasteiger partial charge in [-0.05, 0) is 37.8 Å². The van der Waals surface area contributed by atoms with Gasteiger partial charge in [-0.2, -0.15) is 0 Å². The Morgan fingerprint density at radius 1 is 1.27 bits per heavy atom. The maximum Gasteiger partial charge on any atom is 0.331 e. The summed E-state index contributed by atoms with van der Waals surface area (Å²) in [6, 6.07) is 9.77. The van der Waals surface area contributed by atoms with Gasteiger partial charge in [-0.1, -0.05) is 30.0 Å². The van der Waals surface area contributed by atoms with E-state index < -0.39 is 5.69 Å². The van der Waals surface area contributed by atoms with Gasteiger partial charge in [0.05, 0.1) is 10.6 Å². The molecule has 1 N–H and O–H groups in total. The molecule has 0 amide bonds. The lowest BCUT2D eigenvalue weighted by Crippen LogP contribution is -2.34. The molecule has 5 nitrogen and oxygen atoms in total. The SMILES string of the molecule is CCOCn1c(Sc2ccccc2)c(C2CC2)c(=O)[nH]c1=O. The number of nitrogens with zero attached hydrogens (tertiary/aromatic N) is 1. The number of rotatable bonds is 6. The molecule has 1 heterocycles. The quantitative estimate of drug-likeness (QED) is 0.831. The predicted octanol–water partition coefficient (Wildman–Crippen LogP) is 2.56. The lowest BCUT2D eigenvalue weighted by Gasteiger charge is -2.15. The predicted molar refractivity (Wildman–Crippen MR) is 85.5 cm³/mol. The lowest BCUT2D eigenvalue weighted by atomic mass is 10.2. The number of nitrogens with one attached hydrogen (secondary N) is 1. The minimum atomic E-state index is -0.415. The molecule has 0 saturated heterocycles. The van der Waals surface area contributed by atoms with Crippen LogP contribution < -0.4 is 11.2 Å². The van der Waals surface area contributed by atoms with Crippen molar-refractivity contribution in [3.05, 3.63) is 56.7 Å². The Labute approximate surface area is 132 Å². The minimum absolute atomic E-state index is 0.154. The van der Waals surface area contributed by atoms with Gasteiger partial charge < -0.3 is 4.74 Å². The molecule has 0 aliphatic heterocycles. The first-order valence-corrected chi connectivity index (χ1v) is 8.20. The fourth-order valence-corrected chi connectivity index (χ4v) is 3.44. The van der Waals surface area contributed by atoms with Gasteiger partial charge in [0.15, 0.2) is 0 Å². The molecule has 1 aromatic heterocycles. The summed E-state index contributed by atoms with van der Waals surface area (Å²) in [7, 11) is 0. The third kappa shape index (κ3) is 3.18. The first-order chi connectivity index (χ1) is 10.7. The smallest absolute Gasteiger partial charge is 0.331 e. The zero-order valence-corrected chi connectivity index (χ0v) is 13.2. The van der Waals surface area contributed by atoms with Gasteiger partial charge in [-0.3, -0.25) is 14.3 Å². The molecule has 2 aromatic rings. The Kier molecular flexibility index (Phi) is 4.49. The third-order valence-corrected chi connectivity index (χ3v) is 4.70. The summed E-state index contributed by atoms with van der Waals surface area (Å²) in [5.41, 5.74) is 0.0353. The molecule has 6 heteroatoms. The van der Waals surface area contributed by atoms with E-state index in [1.807, 2.05) is 37.3 Å². The number of ether oxygens (including phenoxy) is 1. The van der Waals surface area contributed by atoms with Gasteiger partial charge in [0, 0.05) is 11.5 Å². The highest BCUT2D eigenvalue weighted by molar-refractivity contribution is 7.99. The zero-order chi connectivity index (χ0) is 15.5. The van der Waals surface area contributed by atoms with Crippen molar-refractivity contribution in [2.24, 2.45) is 0 Å². The fraction of sp³-hybridized carbons (Fsp3) is 0.375. The molecule has 116 valence electrons. The molecule has 1 aliphatic rings. The second kappa shape index (κ2) is 6.54. The van der Waals surface area contributed by atoms with Gasteiger partial charge in [0.25, 0.3) is 5.56 Å². The molecule has 0 atom stereocenters. The first-order valence-electron chi connectivity index (χ1n) is 7.38. The van der Waals surface area contributed by atoms with Crippen LogP contribution in [-0.2, 0) is 11.5 Å². The van der Waals surface area contributed by atoms with E-state index >= 15 is 0 Å². The molecule has 3 rings (SSSR count). The average Bonchev–Trinajstić information content (AvgIpc) is 3.32. The lowest BCUT2D eigenvalue weighted by molar-refractivity contribution is 0.0779. The summed E-state index contributed by atoms with van der Waals surface area (Å²) in [6.45, 7) is 2.54. The summed E-state index contributed by atoms with van der Waals surface area (Å²) in [6.07, 6.45) is 2.00. The van der Waals surface area contributed by atoms with Crippen molar-refractivity contribution in [1.82, 2.24) is 9.55 Å². The van der Waals surface area contributed by atoms with Gasteiger partial charge in [0.2, 0.25) is 0 Å². The number of aromatic nitrogens is 2. The van der Waals surface area contributed by atoms with Crippen molar-refractivity contribution in [2.75, 3.05) is 6.61 Å². The van der Waals surface area contributed by atoms with E-state index in [2.05, 4.69) is 4.98 Å². The fourth-order valence-electron chi connectivity index (χ4n) is 2.31. The minimum Gasteiger partial charge on any atom is -0.361 e. The van der Waals surface area contributed by atoms with Crippen molar-refractivity contribution >= 4 is 11.8 Å². The molecular formula is C16H18N2O3S. The van der Waals surface area contributed by atoms with Crippen LogP contribution in [0.4, 0.5) is 0 Å².